The molecule has 4 aromatic rings. The Bertz CT molecular complexity index is 1350. The second-order valence-electron chi connectivity index (χ2n) is 9.00. The molecule has 5 rings (SSSR count). The number of carboxylic acid groups (broad SMARTS) is 1. The first-order valence-corrected chi connectivity index (χ1v) is 11.8. The fourth-order valence-electron chi connectivity index (χ4n) is 4.65. The summed E-state index contributed by atoms with van der Waals surface area (Å²) in [5, 5.41) is 24.5. The van der Waals surface area contributed by atoms with Crippen molar-refractivity contribution in [1.82, 2.24) is 30.5 Å². The third-order valence-electron chi connectivity index (χ3n) is 6.70. The van der Waals surface area contributed by atoms with Crippen molar-refractivity contribution >= 4 is 22.8 Å². The molecule has 2 heterocycles. The summed E-state index contributed by atoms with van der Waals surface area (Å²) in [4.78, 5) is 31.1. The first-order valence-electron chi connectivity index (χ1n) is 11.8. The summed E-state index contributed by atoms with van der Waals surface area (Å²) in [6.07, 6.45) is 3.72. The van der Waals surface area contributed by atoms with Gasteiger partial charge in [-0.2, -0.15) is 5.21 Å². The van der Waals surface area contributed by atoms with Crippen molar-refractivity contribution in [1.29, 1.82) is 0 Å². The standard InChI is InChI=1S/C26H26N6O3/c1-16(26(34)35)32(25(33)20-4-2-3-5-20)15-17-6-12-23-21(14-17)11-13-22(27-23)18-7-9-19(10-8-18)24-28-30-31-29-24/h6-14,16,20H,2-5,15H2,1H3,(H,34,35)(H,28,29,30,31). The Kier molecular flexibility index (Phi) is 6.22. The molecule has 0 radical (unpaired) electrons. The highest BCUT2D eigenvalue weighted by Crippen LogP contribution is 2.29. The number of carbonyl (C=O) groups is 2. The number of tetrazole rings is 1. The Morgan fingerprint density at radius 2 is 1.80 bits per heavy atom. The zero-order chi connectivity index (χ0) is 24.4. The zero-order valence-electron chi connectivity index (χ0n) is 19.4. The SMILES string of the molecule is CC(C(=O)O)N(Cc1ccc2nc(-c3ccc(-c4nn[nH]n4)cc3)ccc2c1)C(=O)C1CCCC1. The van der Waals surface area contributed by atoms with Gasteiger partial charge in [-0.1, -0.05) is 49.2 Å². The summed E-state index contributed by atoms with van der Waals surface area (Å²) in [7, 11) is 0. The number of carbonyl (C=O) groups excluding carboxylic acids is 1. The molecule has 178 valence electrons. The number of pyridine rings is 1. The molecular formula is C26H26N6O3. The van der Waals surface area contributed by atoms with Crippen LogP contribution in [-0.4, -0.2) is 53.5 Å². The number of aliphatic carboxylic acids is 1. The molecule has 1 fully saturated rings. The number of aromatic amines is 1. The number of amides is 1. The van der Waals surface area contributed by atoms with Gasteiger partial charge in [-0.05, 0) is 48.7 Å². The van der Waals surface area contributed by atoms with Gasteiger partial charge in [-0.25, -0.2) is 9.78 Å². The number of nitrogens with one attached hydrogen (secondary N) is 1. The summed E-state index contributed by atoms with van der Waals surface area (Å²) in [6.45, 7) is 1.84. The molecule has 1 atom stereocenters. The van der Waals surface area contributed by atoms with Gasteiger partial charge in [0.25, 0.3) is 0 Å². The van der Waals surface area contributed by atoms with Gasteiger partial charge in [0.1, 0.15) is 6.04 Å². The van der Waals surface area contributed by atoms with Crippen LogP contribution < -0.4 is 0 Å². The van der Waals surface area contributed by atoms with Gasteiger partial charge in [-0.15, -0.1) is 10.2 Å². The van der Waals surface area contributed by atoms with E-state index in [1.807, 2.05) is 54.6 Å². The lowest BCUT2D eigenvalue weighted by molar-refractivity contribution is -0.151. The van der Waals surface area contributed by atoms with Crippen LogP contribution in [0.2, 0.25) is 0 Å². The van der Waals surface area contributed by atoms with Crippen LogP contribution in [0.4, 0.5) is 0 Å². The lowest BCUT2D eigenvalue weighted by Gasteiger charge is -2.29. The molecule has 2 aromatic carbocycles. The van der Waals surface area contributed by atoms with E-state index in [0.29, 0.717) is 5.82 Å². The smallest absolute Gasteiger partial charge is 0.326 e. The van der Waals surface area contributed by atoms with Crippen LogP contribution in [0.3, 0.4) is 0 Å². The molecule has 1 saturated carbocycles. The monoisotopic (exact) mass is 470 g/mol. The summed E-state index contributed by atoms with van der Waals surface area (Å²) in [5.74, 6) is -0.592. The molecule has 1 aliphatic rings. The summed E-state index contributed by atoms with van der Waals surface area (Å²) in [6, 6.07) is 16.7. The topological polar surface area (TPSA) is 125 Å². The average Bonchev–Trinajstić information content (AvgIpc) is 3.61. The fraction of sp³-hybridized carbons (Fsp3) is 0.308. The quantitative estimate of drug-likeness (QED) is 0.417. The molecule has 9 heteroatoms. The molecule has 9 nitrogen and oxygen atoms in total. The van der Waals surface area contributed by atoms with Crippen molar-refractivity contribution in [2.24, 2.45) is 5.92 Å². The van der Waals surface area contributed by atoms with Gasteiger partial charge < -0.3 is 10.0 Å². The number of hydrogen-bond acceptors (Lipinski definition) is 6. The molecule has 35 heavy (non-hydrogen) atoms. The average molecular weight is 471 g/mol. The van der Waals surface area contributed by atoms with Crippen LogP contribution in [0.25, 0.3) is 33.5 Å². The predicted molar refractivity (Wildman–Crippen MR) is 130 cm³/mol. The van der Waals surface area contributed by atoms with E-state index >= 15 is 0 Å². The summed E-state index contributed by atoms with van der Waals surface area (Å²) >= 11 is 0. The van der Waals surface area contributed by atoms with Gasteiger partial charge in [0.2, 0.25) is 11.7 Å². The number of rotatable bonds is 7. The largest absolute Gasteiger partial charge is 0.480 e. The van der Waals surface area contributed by atoms with Crippen LogP contribution in [0.1, 0.15) is 38.2 Å². The molecule has 2 aromatic heterocycles. The van der Waals surface area contributed by atoms with Gasteiger partial charge in [0.15, 0.2) is 0 Å². The zero-order valence-corrected chi connectivity index (χ0v) is 19.4. The molecule has 1 unspecified atom stereocenters. The fourth-order valence-corrected chi connectivity index (χ4v) is 4.65. The van der Waals surface area contributed by atoms with E-state index in [1.54, 1.807) is 6.92 Å². The van der Waals surface area contributed by atoms with E-state index in [2.05, 4.69) is 20.6 Å². The van der Waals surface area contributed by atoms with Crippen molar-refractivity contribution in [3.05, 3.63) is 60.2 Å². The third kappa shape index (κ3) is 4.75. The number of hydrogen-bond donors (Lipinski definition) is 2. The minimum Gasteiger partial charge on any atom is -0.480 e. The highest BCUT2D eigenvalue weighted by Gasteiger charge is 2.32. The van der Waals surface area contributed by atoms with Crippen molar-refractivity contribution < 1.29 is 14.7 Å². The number of aromatic nitrogens is 5. The van der Waals surface area contributed by atoms with Gasteiger partial charge in [-0.3, -0.25) is 4.79 Å². The molecule has 0 aliphatic heterocycles. The number of benzene rings is 2. The maximum Gasteiger partial charge on any atom is 0.326 e. The Labute approximate surface area is 202 Å². The van der Waals surface area contributed by atoms with Crippen LogP contribution in [0.5, 0.6) is 0 Å². The maximum absolute atomic E-state index is 13.1. The van der Waals surface area contributed by atoms with E-state index in [9.17, 15) is 14.7 Å². The van der Waals surface area contributed by atoms with Crippen molar-refractivity contribution in [2.75, 3.05) is 0 Å². The van der Waals surface area contributed by atoms with Gasteiger partial charge >= 0.3 is 5.97 Å². The normalized spacial score (nSPS) is 14.8. The lowest BCUT2D eigenvalue weighted by Crippen LogP contribution is -2.45. The van der Waals surface area contributed by atoms with Crippen LogP contribution in [-0.2, 0) is 16.1 Å². The van der Waals surface area contributed by atoms with E-state index in [1.165, 1.54) is 4.90 Å². The molecule has 0 bridgehead atoms. The van der Waals surface area contributed by atoms with Crippen molar-refractivity contribution in [3.8, 4) is 22.6 Å². The Balaban J connectivity index is 1.37. The highest BCUT2D eigenvalue weighted by molar-refractivity contribution is 5.86. The van der Waals surface area contributed by atoms with E-state index in [4.69, 9.17) is 4.98 Å². The van der Waals surface area contributed by atoms with Crippen LogP contribution in [0.15, 0.2) is 54.6 Å². The second kappa shape index (κ2) is 9.61. The van der Waals surface area contributed by atoms with Crippen LogP contribution in [0, 0.1) is 5.92 Å². The van der Waals surface area contributed by atoms with Crippen LogP contribution >= 0.6 is 0 Å². The molecule has 0 spiro atoms. The number of nitrogens with zero attached hydrogens (tertiary/aromatic N) is 5. The third-order valence-corrected chi connectivity index (χ3v) is 6.70. The maximum atomic E-state index is 13.1. The van der Waals surface area contributed by atoms with Gasteiger partial charge in [0.05, 0.1) is 11.2 Å². The molecule has 0 saturated heterocycles. The lowest BCUT2D eigenvalue weighted by atomic mass is 10.0. The first-order chi connectivity index (χ1) is 17.0. The minimum absolute atomic E-state index is 0.0600. The molecule has 1 amide bonds. The highest BCUT2D eigenvalue weighted by atomic mass is 16.4. The minimum atomic E-state index is -0.992. The van der Waals surface area contributed by atoms with Crippen molar-refractivity contribution in [2.45, 2.75) is 45.2 Å². The number of carboxylic acids is 1. The molecule has 1 aliphatic carbocycles. The Morgan fingerprint density at radius 1 is 1.06 bits per heavy atom. The van der Waals surface area contributed by atoms with Gasteiger partial charge in [0, 0.05) is 29.0 Å². The Hall–Kier alpha value is -4.14. The molecular weight excluding hydrogens is 444 g/mol. The van der Waals surface area contributed by atoms with Crippen molar-refractivity contribution in [3.63, 3.8) is 0 Å². The molecule has 2 N–H and O–H groups in total. The first kappa shape index (κ1) is 22.6. The summed E-state index contributed by atoms with van der Waals surface area (Å²) in [5.41, 5.74) is 4.37. The summed E-state index contributed by atoms with van der Waals surface area (Å²) < 4.78 is 0. The Morgan fingerprint density at radius 3 is 2.49 bits per heavy atom. The van der Waals surface area contributed by atoms with E-state index in [-0.39, 0.29) is 18.4 Å². The predicted octanol–water partition coefficient (Wildman–Crippen LogP) is 4.07. The van der Waals surface area contributed by atoms with E-state index in [0.717, 1.165) is 59.0 Å². The number of fused-ring (bicyclic) bond motifs is 1. The van der Waals surface area contributed by atoms with E-state index < -0.39 is 12.0 Å². The second-order valence-corrected chi connectivity index (χ2v) is 9.00. The number of H-pyrrole nitrogens is 1.